The fourth-order valence-corrected chi connectivity index (χ4v) is 3.50. The van der Waals surface area contributed by atoms with Gasteiger partial charge in [-0.15, -0.1) is 0 Å². The molecule has 2 aliphatic rings. The average Bonchev–Trinajstić information content (AvgIpc) is 2.86. The zero-order chi connectivity index (χ0) is 14.4. The van der Waals surface area contributed by atoms with Crippen LogP contribution in [0.5, 0.6) is 0 Å². The fraction of sp³-hybridized carbons (Fsp3) is 0.278. The maximum atomic E-state index is 5.93. The van der Waals surface area contributed by atoms with Gasteiger partial charge in [-0.3, -0.25) is 0 Å². The Morgan fingerprint density at radius 1 is 1.10 bits per heavy atom. The van der Waals surface area contributed by atoms with E-state index in [0.717, 1.165) is 6.42 Å². The van der Waals surface area contributed by atoms with Gasteiger partial charge in [0, 0.05) is 5.92 Å². The van der Waals surface area contributed by atoms with Crippen molar-refractivity contribution in [2.24, 2.45) is 16.6 Å². The van der Waals surface area contributed by atoms with E-state index in [-0.39, 0.29) is 12.1 Å². The van der Waals surface area contributed by atoms with Gasteiger partial charge in [-0.25, -0.2) is 4.99 Å². The molecule has 1 aliphatic heterocycles. The molecule has 0 bridgehead atoms. The molecule has 0 spiro atoms. The summed E-state index contributed by atoms with van der Waals surface area (Å²) in [6.07, 6.45) is 1.03. The fourth-order valence-electron chi connectivity index (χ4n) is 3.50. The zero-order valence-electron chi connectivity index (χ0n) is 12.0. The van der Waals surface area contributed by atoms with Crippen LogP contribution in [0.2, 0.25) is 0 Å². The molecule has 1 aliphatic carbocycles. The summed E-state index contributed by atoms with van der Waals surface area (Å²) in [7, 11) is 0. The van der Waals surface area contributed by atoms with Crippen molar-refractivity contribution in [1.29, 1.82) is 0 Å². The van der Waals surface area contributed by atoms with Gasteiger partial charge < -0.3 is 10.5 Å². The van der Waals surface area contributed by atoms with E-state index in [0.29, 0.717) is 11.9 Å². The van der Waals surface area contributed by atoms with Crippen LogP contribution in [0.1, 0.15) is 34.4 Å². The molecular formula is C18H18N2O. The smallest absolute Gasteiger partial charge is 0.283 e. The molecule has 0 aromatic heterocycles. The van der Waals surface area contributed by atoms with Gasteiger partial charge in [0.15, 0.2) is 0 Å². The van der Waals surface area contributed by atoms with Gasteiger partial charge >= 0.3 is 0 Å². The molecule has 2 aromatic carbocycles. The second kappa shape index (κ2) is 4.62. The predicted octanol–water partition coefficient (Wildman–Crippen LogP) is 3.29. The number of nitrogens with two attached hydrogens (primary N) is 1. The molecule has 2 N–H and O–H groups in total. The van der Waals surface area contributed by atoms with E-state index in [1.54, 1.807) is 0 Å². The van der Waals surface area contributed by atoms with Gasteiger partial charge in [-0.05, 0) is 30.0 Å². The molecule has 0 amide bonds. The van der Waals surface area contributed by atoms with E-state index in [1.807, 2.05) is 0 Å². The first-order valence-electron chi connectivity index (χ1n) is 7.36. The molecule has 3 heteroatoms. The topological polar surface area (TPSA) is 47.6 Å². The van der Waals surface area contributed by atoms with Crippen LogP contribution in [-0.4, -0.2) is 6.02 Å². The Balaban J connectivity index is 1.76. The molecule has 3 nitrogen and oxygen atoms in total. The molecule has 0 saturated carbocycles. The summed E-state index contributed by atoms with van der Waals surface area (Å²) in [5.41, 5.74) is 11.0. The Labute approximate surface area is 124 Å². The second-order valence-corrected chi connectivity index (χ2v) is 5.93. The molecule has 21 heavy (non-hydrogen) atoms. The highest BCUT2D eigenvalue weighted by atomic mass is 16.5. The number of ether oxygens (including phenoxy) is 1. The number of aliphatic imine (C=N–C) groups is 1. The Morgan fingerprint density at radius 3 is 2.67 bits per heavy atom. The van der Waals surface area contributed by atoms with Crippen molar-refractivity contribution < 1.29 is 4.74 Å². The SMILES string of the molecule is Cc1ccc([C@@H]2N=C(N)O[C@H]3c4ccccc4C[C@@H]23)cc1. The summed E-state index contributed by atoms with van der Waals surface area (Å²) < 4.78 is 5.84. The monoisotopic (exact) mass is 278 g/mol. The van der Waals surface area contributed by atoms with Crippen LogP contribution in [0.25, 0.3) is 0 Å². The third kappa shape index (κ3) is 2.00. The zero-order valence-corrected chi connectivity index (χ0v) is 12.0. The highest BCUT2D eigenvalue weighted by Gasteiger charge is 2.42. The third-order valence-corrected chi connectivity index (χ3v) is 4.54. The molecule has 0 fully saturated rings. The first-order chi connectivity index (χ1) is 10.2. The van der Waals surface area contributed by atoms with Crippen molar-refractivity contribution in [1.82, 2.24) is 0 Å². The lowest BCUT2D eigenvalue weighted by Crippen LogP contribution is -2.31. The number of fused-ring (bicyclic) bond motifs is 3. The largest absolute Gasteiger partial charge is 0.457 e. The van der Waals surface area contributed by atoms with Crippen molar-refractivity contribution in [3.8, 4) is 0 Å². The third-order valence-electron chi connectivity index (χ3n) is 4.54. The molecule has 0 saturated heterocycles. The van der Waals surface area contributed by atoms with E-state index in [9.17, 15) is 0 Å². The average molecular weight is 278 g/mol. The van der Waals surface area contributed by atoms with Crippen molar-refractivity contribution in [2.45, 2.75) is 25.5 Å². The minimum atomic E-state index is 0.0324. The van der Waals surface area contributed by atoms with Crippen LogP contribution in [-0.2, 0) is 11.2 Å². The van der Waals surface area contributed by atoms with E-state index in [1.165, 1.54) is 22.3 Å². The highest BCUT2D eigenvalue weighted by Crippen LogP contribution is 2.48. The number of amidine groups is 1. The number of rotatable bonds is 1. The van der Waals surface area contributed by atoms with E-state index < -0.39 is 0 Å². The minimum Gasteiger partial charge on any atom is -0.457 e. The normalized spacial score (nSPS) is 26.5. The van der Waals surface area contributed by atoms with Gasteiger partial charge in [-0.1, -0.05) is 54.1 Å². The summed E-state index contributed by atoms with van der Waals surface area (Å²) in [5.74, 6) is 0.331. The van der Waals surface area contributed by atoms with Gasteiger partial charge in [0.05, 0.1) is 6.04 Å². The van der Waals surface area contributed by atoms with E-state index in [2.05, 4.69) is 60.4 Å². The number of aryl methyl sites for hydroxylation is 1. The second-order valence-electron chi connectivity index (χ2n) is 5.93. The van der Waals surface area contributed by atoms with Crippen LogP contribution in [0.4, 0.5) is 0 Å². The van der Waals surface area contributed by atoms with E-state index >= 15 is 0 Å². The summed E-state index contributed by atoms with van der Waals surface area (Å²) in [4.78, 5) is 4.58. The van der Waals surface area contributed by atoms with Crippen LogP contribution >= 0.6 is 0 Å². The lowest BCUT2D eigenvalue weighted by molar-refractivity contribution is 0.0964. The lowest BCUT2D eigenvalue weighted by Gasteiger charge is -2.31. The predicted molar refractivity (Wildman–Crippen MR) is 83.0 cm³/mol. The molecule has 4 rings (SSSR count). The quantitative estimate of drug-likeness (QED) is 0.870. The number of hydrogen-bond acceptors (Lipinski definition) is 3. The number of nitrogens with zero attached hydrogens (tertiary/aromatic N) is 1. The number of hydrogen-bond donors (Lipinski definition) is 1. The molecule has 106 valence electrons. The Morgan fingerprint density at radius 2 is 1.86 bits per heavy atom. The van der Waals surface area contributed by atoms with E-state index in [4.69, 9.17) is 10.5 Å². The van der Waals surface area contributed by atoms with Gasteiger partial charge in [0.1, 0.15) is 6.10 Å². The van der Waals surface area contributed by atoms with Crippen LogP contribution in [0.15, 0.2) is 53.5 Å². The molecule has 2 aromatic rings. The van der Waals surface area contributed by atoms with Crippen molar-refractivity contribution >= 4 is 6.02 Å². The summed E-state index contributed by atoms with van der Waals surface area (Å²) in [6.45, 7) is 2.10. The summed E-state index contributed by atoms with van der Waals surface area (Å²) in [6, 6.07) is 17.4. The van der Waals surface area contributed by atoms with Gasteiger partial charge in [0.25, 0.3) is 6.02 Å². The highest BCUT2D eigenvalue weighted by molar-refractivity contribution is 5.73. The molecular weight excluding hydrogens is 260 g/mol. The van der Waals surface area contributed by atoms with Crippen molar-refractivity contribution in [2.75, 3.05) is 0 Å². The maximum absolute atomic E-state index is 5.93. The van der Waals surface area contributed by atoms with Crippen molar-refractivity contribution in [3.05, 3.63) is 70.8 Å². The Bertz CT molecular complexity index is 705. The molecule has 3 atom stereocenters. The lowest BCUT2D eigenvalue weighted by atomic mass is 9.88. The van der Waals surface area contributed by atoms with Crippen LogP contribution in [0.3, 0.4) is 0 Å². The maximum Gasteiger partial charge on any atom is 0.283 e. The Kier molecular flexibility index (Phi) is 2.74. The first-order valence-corrected chi connectivity index (χ1v) is 7.36. The molecule has 1 heterocycles. The molecule has 0 unspecified atom stereocenters. The number of benzene rings is 2. The summed E-state index contributed by atoms with van der Waals surface area (Å²) >= 11 is 0. The first kappa shape index (κ1) is 12.5. The van der Waals surface area contributed by atoms with Crippen LogP contribution < -0.4 is 5.73 Å². The van der Waals surface area contributed by atoms with Gasteiger partial charge in [-0.2, -0.15) is 0 Å². The minimum absolute atomic E-state index is 0.0324. The Hall–Kier alpha value is -2.29. The van der Waals surface area contributed by atoms with Crippen LogP contribution in [0, 0.1) is 12.8 Å². The van der Waals surface area contributed by atoms with Crippen molar-refractivity contribution in [3.63, 3.8) is 0 Å². The summed E-state index contributed by atoms with van der Waals surface area (Å²) in [5, 5.41) is 0. The standard InChI is InChI=1S/C18H18N2O/c1-11-6-8-12(9-7-11)16-15-10-13-4-2-3-5-14(13)17(15)21-18(19)20-16/h2-9,15-17H,10H2,1H3,(H2,19,20)/t15-,16-,17-/m0/s1. The van der Waals surface area contributed by atoms with Gasteiger partial charge in [0.2, 0.25) is 0 Å². The molecule has 0 radical (unpaired) electrons.